The van der Waals surface area contributed by atoms with Crippen LogP contribution in [0.2, 0.25) is 0 Å². The van der Waals surface area contributed by atoms with Crippen molar-refractivity contribution in [3.8, 4) is 33.6 Å². The summed E-state index contributed by atoms with van der Waals surface area (Å²) in [7, 11) is 0. The van der Waals surface area contributed by atoms with Crippen molar-refractivity contribution in [2.24, 2.45) is 5.41 Å². The van der Waals surface area contributed by atoms with Gasteiger partial charge in [-0.2, -0.15) is 0 Å². The minimum atomic E-state index is -1.61. The first-order chi connectivity index (χ1) is 23.9. The fourth-order valence-electron chi connectivity index (χ4n) is 6.15. The van der Waals surface area contributed by atoms with Gasteiger partial charge in [0.05, 0.1) is 5.58 Å². The zero-order chi connectivity index (χ0) is 35.2. The van der Waals surface area contributed by atoms with Crippen molar-refractivity contribution in [3.63, 3.8) is 0 Å². The van der Waals surface area contributed by atoms with Gasteiger partial charge in [-0.3, -0.25) is 0 Å². The van der Waals surface area contributed by atoms with Gasteiger partial charge in [0.1, 0.15) is 5.58 Å². The SMILES string of the molecule is Cc1ccc(-c2[c-]cccc2)nc1.[2H]C([2H])(c1cc(-c2[c-]ccc3c2oc2c4ccsc4ccc32)ncc1-c1c(C)cccc1C)C(C)(C)C.[Ir]. The summed E-state index contributed by atoms with van der Waals surface area (Å²) in [4.78, 5) is 9.20. The van der Waals surface area contributed by atoms with E-state index < -0.39 is 11.8 Å². The molecule has 4 aromatic heterocycles. The van der Waals surface area contributed by atoms with Crippen molar-refractivity contribution in [2.45, 2.75) is 47.9 Å². The summed E-state index contributed by atoms with van der Waals surface area (Å²) in [5.41, 5.74) is 10.3. The maximum atomic E-state index is 9.24. The van der Waals surface area contributed by atoms with Gasteiger partial charge >= 0.3 is 0 Å². The Hall–Kier alpha value is -4.41. The first-order valence-electron chi connectivity index (χ1n) is 17.1. The average Bonchev–Trinajstić information content (AvgIpc) is 3.74. The van der Waals surface area contributed by atoms with Crippen molar-refractivity contribution in [2.75, 3.05) is 0 Å². The summed E-state index contributed by atoms with van der Waals surface area (Å²) in [5, 5.41) is 5.26. The predicted molar refractivity (Wildman–Crippen MR) is 202 cm³/mol. The van der Waals surface area contributed by atoms with Gasteiger partial charge in [0.25, 0.3) is 0 Å². The van der Waals surface area contributed by atoms with E-state index in [9.17, 15) is 2.74 Å². The summed E-state index contributed by atoms with van der Waals surface area (Å²) in [5.74, 6) is 0. The molecule has 0 bridgehead atoms. The monoisotopic (exact) mass is 837 g/mol. The Morgan fingerprint density at radius 3 is 2.24 bits per heavy atom. The number of hydrogen-bond donors (Lipinski definition) is 0. The molecule has 0 aliphatic heterocycles. The van der Waals surface area contributed by atoms with Gasteiger partial charge < -0.3 is 14.4 Å². The first kappa shape index (κ1) is 31.8. The molecule has 0 spiro atoms. The third-order valence-corrected chi connectivity index (χ3v) is 9.23. The van der Waals surface area contributed by atoms with Crippen LogP contribution in [0.3, 0.4) is 0 Å². The molecule has 3 nitrogen and oxygen atoms in total. The Kier molecular flexibility index (Phi) is 9.23. The van der Waals surface area contributed by atoms with Crippen molar-refractivity contribution in [1.29, 1.82) is 0 Å². The molecule has 4 heterocycles. The normalized spacial score (nSPS) is 12.3. The van der Waals surface area contributed by atoms with Crippen LogP contribution in [-0.4, -0.2) is 9.97 Å². The van der Waals surface area contributed by atoms with E-state index in [0.717, 1.165) is 66.4 Å². The Bertz CT molecular complexity index is 2460. The molecule has 49 heavy (non-hydrogen) atoms. The molecule has 0 saturated heterocycles. The number of nitrogens with zero attached hydrogens (tertiary/aromatic N) is 2. The van der Waals surface area contributed by atoms with Crippen LogP contribution in [0.5, 0.6) is 0 Å². The van der Waals surface area contributed by atoms with Crippen LogP contribution in [0.25, 0.3) is 65.7 Å². The van der Waals surface area contributed by atoms with Gasteiger partial charge in [-0.25, -0.2) is 0 Å². The second-order valence-corrected chi connectivity index (χ2v) is 14.2. The molecule has 0 N–H and O–H groups in total. The summed E-state index contributed by atoms with van der Waals surface area (Å²) < 4.78 is 26.2. The average molecular weight is 837 g/mol. The van der Waals surface area contributed by atoms with Crippen LogP contribution in [0.15, 0.2) is 113 Å². The number of furan rings is 1. The van der Waals surface area contributed by atoms with E-state index in [-0.39, 0.29) is 20.1 Å². The number of hydrogen-bond acceptors (Lipinski definition) is 4. The molecule has 0 atom stereocenters. The fourth-order valence-corrected chi connectivity index (χ4v) is 6.94. The largest absolute Gasteiger partial charge is 0.500 e. The number of aromatic nitrogens is 2. The molecule has 247 valence electrons. The maximum Gasteiger partial charge on any atom is 0.129 e. The van der Waals surface area contributed by atoms with Gasteiger partial charge in [0.2, 0.25) is 0 Å². The van der Waals surface area contributed by atoms with E-state index in [1.54, 1.807) is 11.3 Å². The van der Waals surface area contributed by atoms with Crippen LogP contribution in [0.1, 0.15) is 45.8 Å². The van der Waals surface area contributed by atoms with Gasteiger partial charge in [-0.05, 0) is 89.3 Å². The van der Waals surface area contributed by atoms with Crippen molar-refractivity contribution >= 4 is 43.4 Å². The van der Waals surface area contributed by atoms with Crippen LogP contribution in [0.4, 0.5) is 0 Å². The number of rotatable bonds is 4. The number of aryl methyl sites for hydroxylation is 3. The molecule has 8 aromatic rings. The molecule has 5 heteroatoms. The molecule has 0 saturated carbocycles. The van der Waals surface area contributed by atoms with Gasteiger partial charge in [0.15, 0.2) is 0 Å². The van der Waals surface area contributed by atoms with Gasteiger partial charge in [-0.1, -0.05) is 74.2 Å². The number of fused-ring (bicyclic) bond motifs is 5. The van der Waals surface area contributed by atoms with Gasteiger partial charge in [-0.15, -0.1) is 65.4 Å². The van der Waals surface area contributed by atoms with Crippen molar-refractivity contribution in [3.05, 3.63) is 143 Å². The summed E-state index contributed by atoms with van der Waals surface area (Å²) in [6, 6.07) is 36.8. The zero-order valence-corrected chi connectivity index (χ0v) is 31.6. The molecule has 0 amide bonds. The second kappa shape index (κ2) is 14.2. The predicted octanol–water partition coefficient (Wildman–Crippen LogP) is 12.4. The van der Waals surface area contributed by atoms with Gasteiger partial charge in [0, 0.05) is 56.3 Å². The van der Waals surface area contributed by atoms with Crippen molar-refractivity contribution < 1.29 is 27.3 Å². The van der Waals surface area contributed by atoms with E-state index in [4.69, 9.17) is 9.40 Å². The Labute approximate surface area is 309 Å². The number of benzene rings is 4. The summed E-state index contributed by atoms with van der Waals surface area (Å²) in [6.45, 7) is 12.0. The van der Waals surface area contributed by atoms with E-state index in [2.05, 4.69) is 72.7 Å². The van der Waals surface area contributed by atoms with Crippen molar-refractivity contribution in [1.82, 2.24) is 9.97 Å². The standard InChI is InChI=1S/C32H28NOS.C12H10N.Ir/c1-19-8-6-9-20(2)29(19)26-18-33-27(16-21(26)17-32(3,4)5)24-11-7-10-22-23-12-13-28-25(14-15-35-28)31(23)34-30(22)24;1-10-7-8-12(13-9-10)11-5-3-2-4-6-11;/h6-10,12-16,18H,17H2,1-5H3;2-5,7-9H,1H3;/q2*-1;/i17D2;;. The topological polar surface area (TPSA) is 38.9 Å². The number of pyridine rings is 2. The molecule has 0 aliphatic rings. The quantitative estimate of drug-likeness (QED) is 0.166. The molecule has 1 radical (unpaired) electrons. The van der Waals surface area contributed by atoms with Crippen LogP contribution >= 0.6 is 11.3 Å². The summed E-state index contributed by atoms with van der Waals surface area (Å²) in [6.07, 6.45) is 2.09. The third kappa shape index (κ3) is 7.16. The molecule has 0 fully saturated rings. The first-order valence-corrected chi connectivity index (χ1v) is 17.0. The van der Waals surface area contributed by atoms with Crippen LogP contribution in [0, 0.1) is 38.3 Å². The fraction of sp³-hybridized carbons (Fsp3) is 0.182. The molecule has 0 unspecified atom stereocenters. The zero-order valence-electron chi connectivity index (χ0n) is 30.4. The third-order valence-electron chi connectivity index (χ3n) is 8.35. The molecule has 8 rings (SSSR count). The molecular weight excluding hydrogens is 797 g/mol. The molecular formula is C44H38IrN2OS-2. The smallest absolute Gasteiger partial charge is 0.129 e. The Morgan fingerprint density at radius 1 is 0.755 bits per heavy atom. The van der Waals surface area contributed by atoms with E-state index in [1.165, 1.54) is 10.3 Å². The van der Waals surface area contributed by atoms with E-state index >= 15 is 0 Å². The second-order valence-electron chi connectivity index (χ2n) is 13.2. The van der Waals surface area contributed by atoms with Crippen LogP contribution in [-0.2, 0) is 26.5 Å². The van der Waals surface area contributed by atoms with E-state index in [1.807, 2.05) is 94.7 Å². The minimum Gasteiger partial charge on any atom is -0.500 e. The Balaban J connectivity index is 0.000000269. The summed E-state index contributed by atoms with van der Waals surface area (Å²) >= 11 is 1.70. The molecule has 4 aromatic carbocycles. The van der Waals surface area contributed by atoms with E-state index in [0.29, 0.717) is 11.3 Å². The van der Waals surface area contributed by atoms with Crippen LogP contribution < -0.4 is 0 Å². The number of thiophene rings is 1. The minimum absolute atomic E-state index is 0. The Morgan fingerprint density at radius 2 is 1.53 bits per heavy atom. The molecule has 0 aliphatic carbocycles. The maximum absolute atomic E-state index is 9.24.